The average Bonchev–Trinajstić information content (AvgIpc) is 1.67. The van der Waals surface area contributed by atoms with E-state index in [0.29, 0.717) is 0 Å². The largest absolute Gasteiger partial charge is 0.302 e. The monoisotopic (exact) mass is 113 g/mol. The average molecular weight is 113 g/mol. The normalized spacial score (nSPS) is 11.1. The van der Waals surface area contributed by atoms with Crippen molar-refractivity contribution in [2.24, 2.45) is 10.8 Å². The first-order valence-corrected chi connectivity index (χ1v) is 2.32. The van der Waals surface area contributed by atoms with Crippen molar-refractivity contribution in [2.45, 2.75) is 6.92 Å². The Bertz CT molecular complexity index is 104. The number of hydrogen-bond donors (Lipinski definition) is 1. The first-order chi connectivity index (χ1) is 3.68. The fourth-order valence-corrected chi connectivity index (χ4v) is 0.223. The number of nitrogens with zero attached hydrogens (tertiary/aromatic N) is 2. The van der Waals surface area contributed by atoms with Gasteiger partial charge in [0.15, 0.2) is 0 Å². The minimum Gasteiger partial charge on any atom is -0.302 e. The summed E-state index contributed by atoms with van der Waals surface area (Å²) in [5.41, 5.74) is 0. The van der Waals surface area contributed by atoms with Gasteiger partial charge in [0.1, 0.15) is 5.84 Å². The van der Waals surface area contributed by atoms with Crippen molar-refractivity contribution in [2.75, 3.05) is 7.05 Å². The fourth-order valence-electron chi connectivity index (χ4n) is 0.223. The highest BCUT2D eigenvalue weighted by Crippen LogP contribution is 1.77. The van der Waals surface area contributed by atoms with E-state index < -0.39 is 0 Å². The number of hydrazine groups is 1. The number of nitrogens with two attached hydrogens (primary N) is 1. The van der Waals surface area contributed by atoms with Gasteiger partial charge in [0.05, 0.1) is 0 Å². The molecule has 0 saturated carbocycles. The molecule has 0 spiro atoms. The summed E-state index contributed by atoms with van der Waals surface area (Å²) < 4.78 is 0. The van der Waals surface area contributed by atoms with Crippen LogP contribution in [-0.2, 0) is 0 Å². The Morgan fingerprint density at radius 2 is 2.38 bits per heavy atom. The molecule has 46 valence electrons. The van der Waals surface area contributed by atoms with E-state index in [0.717, 1.165) is 5.84 Å². The Morgan fingerprint density at radius 1 is 1.88 bits per heavy atom. The molecule has 0 saturated heterocycles. The molecule has 0 aliphatic rings. The Balaban J connectivity index is 3.78. The maximum atomic E-state index is 5.28. The standard InChI is InChI=1S/C5H11N3/c1-4-7-5(2)8(3)6/h4H,1,6H2,2-3H3. The van der Waals surface area contributed by atoms with E-state index in [1.165, 1.54) is 11.2 Å². The highest BCUT2D eigenvalue weighted by Gasteiger charge is 1.87. The third-order valence-corrected chi connectivity index (χ3v) is 0.789. The Labute approximate surface area is 49.5 Å². The van der Waals surface area contributed by atoms with E-state index in [-0.39, 0.29) is 0 Å². The zero-order valence-electron chi connectivity index (χ0n) is 5.26. The van der Waals surface area contributed by atoms with Gasteiger partial charge in [-0.1, -0.05) is 6.58 Å². The molecule has 0 heterocycles. The molecule has 3 heteroatoms. The second-order valence-electron chi connectivity index (χ2n) is 1.47. The van der Waals surface area contributed by atoms with Gasteiger partial charge in [-0.25, -0.2) is 10.8 Å². The zero-order chi connectivity index (χ0) is 6.57. The van der Waals surface area contributed by atoms with E-state index in [2.05, 4.69) is 11.6 Å². The van der Waals surface area contributed by atoms with Gasteiger partial charge in [-0.3, -0.25) is 0 Å². The first kappa shape index (κ1) is 7.17. The summed E-state index contributed by atoms with van der Waals surface area (Å²) in [7, 11) is 1.72. The van der Waals surface area contributed by atoms with Gasteiger partial charge in [0.25, 0.3) is 0 Å². The van der Waals surface area contributed by atoms with E-state index in [4.69, 9.17) is 5.84 Å². The minimum atomic E-state index is 0.750. The fraction of sp³-hybridized carbons (Fsp3) is 0.400. The molecule has 0 atom stereocenters. The van der Waals surface area contributed by atoms with Crippen molar-refractivity contribution in [1.82, 2.24) is 5.01 Å². The van der Waals surface area contributed by atoms with Crippen LogP contribution in [0.1, 0.15) is 6.92 Å². The van der Waals surface area contributed by atoms with Crippen LogP contribution in [0.4, 0.5) is 0 Å². The van der Waals surface area contributed by atoms with Crippen molar-refractivity contribution in [3.8, 4) is 0 Å². The molecule has 3 nitrogen and oxygen atoms in total. The molecular weight excluding hydrogens is 102 g/mol. The first-order valence-electron chi connectivity index (χ1n) is 2.32. The molecular formula is C5H11N3. The third kappa shape index (κ3) is 2.36. The summed E-state index contributed by atoms with van der Waals surface area (Å²) in [4.78, 5) is 3.81. The molecule has 0 aromatic carbocycles. The van der Waals surface area contributed by atoms with Gasteiger partial charge < -0.3 is 5.01 Å². The lowest BCUT2D eigenvalue weighted by molar-refractivity contribution is 0.535. The molecule has 2 N–H and O–H groups in total. The molecule has 0 unspecified atom stereocenters. The van der Waals surface area contributed by atoms with Crippen molar-refractivity contribution in [3.63, 3.8) is 0 Å². The van der Waals surface area contributed by atoms with Crippen LogP contribution in [0, 0.1) is 0 Å². The highest BCUT2D eigenvalue weighted by atomic mass is 15.4. The summed E-state index contributed by atoms with van der Waals surface area (Å²) in [5, 5.41) is 1.43. The van der Waals surface area contributed by atoms with Crippen LogP contribution < -0.4 is 5.84 Å². The topological polar surface area (TPSA) is 41.6 Å². The van der Waals surface area contributed by atoms with Gasteiger partial charge in [0, 0.05) is 13.2 Å². The summed E-state index contributed by atoms with van der Waals surface area (Å²) >= 11 is 0. The smallest absolute Gasteiger partial charge is 0.115 e. The van der Waals surface area contributed by atoms with E-state index >= 15 is 0 Å². The van der Waals surface area contributed by atoms with Gasteiger partial charge in [-0.2, -0.15) is 0 Å². The van der Waals surface area contributed by atoms with Crippen molar-refractivity contribution < 1.29 is 0 Å². The van der Waals surface area contributed by atoms with Crippen LogP contribution in [0.2, 0.25) is 0 Å². The molecule has 0 aromatic rings. The molecule has 0 aliphatic heterocycles. The zero-order valence-corrected chi connectivity index (χ0v) is 5.26. The predicted octanol–water partition coefficient (Wildman–Crippen LogP) is 0.354. The van der Waals surface area contributed by atoms with E-state index in [9.17, 15) is 0 Å². The predicted molar refractivity (Wildman–Crippen MR) is 35.3 cm³/mol. The maximum Gasteiger partial charge on any atom is 0.115 e. The van der Waals surface area contributed by atoms with Crippen molar-refractivity contribution in [3.05, 3.63) is 12.8 Å². The lowest BCUT2D eigenvalue weighted by Crippen LogP contribution is -2.30. The quantitative estimate of drug-likeness (QED) is 0.231. The molecule has 0 aliphatic carbocycles. The number of aliphatic imine (C=N–C) groups is 1. The van der Waals surface area contributed by atoms with E-state index in [1.807, 2.05) is 6.92 Å². The SMILES string of the molecule is C=CN=C(C)N(C)N. The number of hydrogen-bond acceptors (Lipinski definition) is 2. The summed E-state index contributed by atoms with van der Waals surface area (Å²) in [5.74, 6) is 6.03. The maximum absolute atomic E-state index is 5.28. The lowest BCUT2D eigenvalue weighted by atomic mass is 10.6. The van der Waals surface area contributed by atoms with E-state index in [1.54, 1.807) is 7.05 Å². The minimum absolute atomic E-state index is 0.750. The van der Waals surface area contributed by atoms with Crippen LogP contribution >= 0.6 is 0 Å². The summed E-state index contributed by atoms with van der Waals surface area (Å²) in [6.45, 7) is 5.22. The second-order valence-corrected chi connectivity index (χ2v) is 1.47. The van der Waals surface area contributed by atoms with Crippen LogP contribution in [0.3, 0.4) is 0 Å². The van der Waals surface area contributed by atoms with Gasteiger partial charge >= 0.3 is 0 Å². The van der Waals surface area contributed by atoms with Gasteiger partial charge in [0.2, 0.25) is 0 Å². The Hall–Kier alpha value is -0.830. The number of amidine groups is 1. The van der Waals surface area contributed by atoms with Crippen LogP contribution in [0.25, 0.3) is 0 Å². The molecule has 0 fully saturated rings. The van der Waals surface area contributed by atoms with Crippen molar-refractivity contribution >= 4 is 5.84 Å². The lowest BCUT2D eigenvalue weighted by Gasteiger charge is -2.08. The molecule has 0 amide bonds. The number of rotatable bonds is 1. The van der Waals surface area contributed by atoms with Gasteiger partial charge in [-0.05, 0) is 6.92 Å². The van der Waals surface area contributed by atoms with Crippen LogP contribution in [-0.4, -0.2) is 17.9 Å². The molecule has 8 heavy (non-hydrogen) atoms. The Morgan fingerprint density at radius 3 is 2.50 bits per heavy atom. The third-order valence-electron chi connectivity index (χ3n) is 0.789. The van der Waals surface area contributed by atoms with Gasteiger partial charge in [-0.15, -0.1) is 0 Å². The molecule has 0 rings (SSSR count). The van der Waals surface area contributed by atoms with Crippen molar-refractivity contribution in [1.29, 1.82) is 0 Å². The Kier molecular flexibility index (Phi) is 2.88. The highest BCUT2D eigenvalue weighted by molar-refractivity contribution is 5.79. The molecule has 0 radical (unpaired) electrons. The summed E-state index contributed by atoms with van der Waals surface area (Å²) in [6.07, 6.45) is 1.46. The molecule has 0 aromatic heterocycles. The second kappa shape index (κ2) is 3.21. The van der Waals surface area contributed by atoms with Crippen LogP contribution in [0.15, 0.2) is 17.8 Å². The summed E-state index contributed by atoms with van der Waals surface area (Å²) in [6, 6.07) is 0. The van der Waals surface area contributed by atoms with Crippen LogP contribution in [0.5, 0.6) is 0 Å². The molecule has 0 bridgehead atoms.